The van der Waals surface area contributed by atoms with Gasteiger partial charge in [-0.1, -0.05) is 63.2 Å². The lowest BCUT2D eigenvalue weighted by Gasteiger charge is -2.36. The molecule has 0 amide bonds. The molecule has 1 aliphatic carbocycles. The van der Waals surface area contributed by atoms with Crippen molar-refractivity contribution in [2.75, 3.05) is 0 Å². The Hall–Kier alpha value is -1.38. The van der Waals surface area contributed by atoms with Gasteiger partial charge in [0.15, 0.2) is 8.32 Å². The van der Waals surface area contributed by atoms with Gasteiger partial charge in [-0.3, -0.25) is 0 Å². The molecule has 0 atom stereocenters. The normalized spacial score (nSPS) is 13.9. The molecule has 2 aromatic carbocycles. The van der Waals surface area contributed by atoms with E-state index in [1.54, 1.807) is 0 Å². The second-order valence-corrected chi connectivity index (χ2v) is 12.6. The first kappa shape index (κ1) is 15.5. The zero-order valence-corrected chi connectivity index (χ0v) is 15.4. The first-order valence-corrected chi connectivity index (χ1v) is 11.0. The second kappa shape index (κ2) is 5.36. The Morgan fingerprint density at radius 2 is 1.64 bits per heavy atom. The van der Waals surface area contributed by atoms with Crippen molar-refractivity contribution in [3.63, 3.8) is 0 Å². The number of hydrogen-bond donors (Lipinski definition) is 0. The monoisotopic (exact) mass is 310 g/mol. The molecule has 0 bridgehead atoms. The van der Waals surface area contributed by atoms with Crippen LogP contribution in [0.3, 0.4) is 0 Å². The van der Waals surface area contributed by atoms with Gasteiger partial charge in [0.2, 0.25) is 0 Å². The van der Waals surface area contributed by atoms with E-state index < -0.39 is 8.32 Å². The molecule has 1 nitrogen and oxygen atoms in total. The maximum Gasteiger partial charge on any atom is 0.192 e. The Morgan fingerprint density at radius 1 is 0.955 bits per heavy atom. The Kier molecular flexibility index (Phi) is 3.78. The summed E-state index contributed by atoms with van der Waals surface area (Å²) in [5.41, 5.74) is 7.05. The van der Waals surface area contributed by atoms with Crippen molar-refractivity contribution in [3.8, 4) is 11.1 Å². The third kappa shape index (κ3) is 2.66. The van der Waals surface area contributed by atoms with E-state index in [4.69, 9.17) is 4.43 Å². The Balaban J connectivity index is 1.87. The van der Waals surface area contributed by atoms with Gasteiger partial charge >= 0.3 is 0 Å². The smallest absolute Gasteiger partial charge is 0.192 e. The molecule has 0 aromatic heterocycles. The van der Waals surface area contributed by atoms with Crippen molar-refractivity contribution in [1.29, 1.82) is 0 Å². The minimum absolute atomic E-state index is 0.258. The van der Waals surface area contributed by atoms with Crippen LogP contribution in [0.5, 0.6) is 0 Å². The van der Waals surface area contributed by atoms with Crippen molar-refractivity contribution in [2.45, 2.75) is 51.9 Å². The van der Waals surface area contributed by atoms with Crippen molar-refractivity contribution >= 4 is 8.32 Å². The molecule has 0 N–H and O–H groups in total. The summed E-state index contributed by atoms with van der Waals surface area (Å²) >= 11 is 0. The van der Waals surface area contributed by atoms with Crippen LogP contribution >= 0.6 is 0 Å². The predicted octanol–water partition coefficient (Wildman–Crippen LogP) is 5.78. The van der Waals surface area contributed by atoms with Crippen molar-refractivity contribution < 1.29 is 4.43 Å². The molecule has 0 unspecified atom stereocenters. The van der Waals surface area contributed by atoms with E-state index in [9.17, 15) is 0 Å². The van der Waals surface area contributed by atoms with Crippen molar-refractivity contribution in [3.05, 3.63) is 59.2 Å². The van der Waals surface area contributed by atoms with Crippen LogP contribution in [0.4, 0.5) is 0 Å². The maximum atomic E-state index is 6.44. The van der Waals surface area contributed by atoms with E-state index in [1.165, 1.54) is 27.8 Å². The highest BCUT2D eigenvalue weighted by atomic mass is 28.4. The van der Waals surface area contributed by atoms with Gasteiger partial charge in [0.1, 0.15) is 0 Å². The van der Waals surface area contributed by atoms with Gasteiger partial charge in [-0.25, -0.2) is 0 Å². The predicted molar refractivity (Wildman–Crippen MR) is 96.7 cm³/mol. The Bertz CT molecular complexity index is 695. The molecule has 3 rings (SSSR count). The maximum absolute atomic E-state index is 6.44. The number of hydrogen-bond acceptors (Lipinski definition) is 1. The van der Waals surface area contributed by atoms with Crippen molar-refractivity contribution in [2.24, 2.45) is 0 Å². The summed E-state index contributed by atoms with van der Waals surface area (Å²) in [7, 11) is -1.70. The third-order valence-electron chi connectivity index (χ3n) is 5.34. The fraction of sp³-hybridized carbons (Fsp3) is 0.400. The molecular weight excluding hydrogens is 284 g/mol. The molecule has 2 heteroatoms. The fourth-order valence-corrected chi connectivity index (χ4v) is 3.78. The molecule has 0 aliphatic heterocycles. The second-order valence-electron chi connectivity index (χ2n) is 7.83. The summed E-state index contributed by atoms with van der Waals surface area (Å²) in [4.78, 5) is 0. The average molecular weight is 311 g/mol. The summed E-state index contributed by atoms with van der Waals surface area (Å²) in [6.45, 7) is 12.3. The van der Waals surface area contributed by atoms with Crippen LogP contribution in [-0.4, -0.2) is 8.32 Å². The standard InChI is InChI=1S/C20H26OSi/c1-20(2,3)22(4,5)21-14-16-10-8-12-18-17-11-7-6-9-15(17)13-19(16)18/h6-12H,13-14H2,1-5H3. The van der Waals surface area contributed by atoms with E-state index in [1.807, 2.05) is 0 Å². The summed E-state index contributed by atoms with van der Waals surface area (Å²) in [5, 5.41) is 0.258. The molecule has 0 fully saturated rings. The lowest BCUT2D eigenvalue weighted by atomic mass is 10.0. The SMILES string of the molecule is CC(C)(C)[Si](C)(C)OCc1cccc2c1Cc1ccccc1-2. The van der Waals surface area contributed by atoms with Gasteiger partial charge in [0, 0.05) is 0 Å². The summed E-state index contributed by atoms with van der Waals surface area (Å²) in [6.07, 6.45) is 1.04. The van der Waals surface area contributed by atoms with Gasteiger partial charge in [0.05, 0.1) is 6.61 Å². The molecule has 0 heterocycles. The van der Waals surface area contributed by atoms with Gasteiger partial charge in [-0.05, 0) is 52.4 Å². The highest BCUT2D eigenvalue weighted by Crippen LogP contribution is 2.40. The molecule has 0 saturated heterocycles. The minimum atomic E-state index is -1.70. The highest BCUT2D eigenvalue weighted by molar-refractivity contribution is 6.74. The van der Waals surface area contributed by atoms with E-state index in [-0.39, 0.29) is 5.04 Å². The molecule has 0 radical (unpaired) electrons. The first-order valence-electron chi connectivity index (χ1n) is 8.12. The minimum Gasteiger partial charge on any atom is -0.413 e. The third-order valence-corrected chi connectivity index (χ3v) is 9.82. The van der Waals surface area contributed by atoms with Gasteiger partial charge in [-0.2, -0.15) is 0 Å². The average Bonchev–Trinajstić information content (AvgIpc) is 2.83. The lowest BCUT2D eigenvalue weighted by molar-refractivity contribution is 0.275. The molecule has 1 aliphatic rings. The first-order chi connectivity index (χ1) is 10.3. The van der Waals surface area contributed by atoms with Crippen LogP contribution in [0, 0.1) is 0 Å². The van der Waals surface area contributed by atoms with E-state index >= 15 is 0 Å². The summed E-state index contributed by atoms with van der Waals surface area (Å²) in [6, 6.07) is 15.4. The molecule has 0 saturated carbocycles. The fourth-order valence-electron chi connectivity index (χ4n) is 2.83. The van der Waals surface area contributed by atoms with Crippen molar-refractivity contribution in [1.82, 2.24) is 0 Å². The van der Waals surface area contributed by atoms with Gasteiger partial charge in [0.25, 0.3) is 0 Å². The lowest BCUT2D eigenvalue weighted by Crippen LogP contribution is -2.40. The number of rotatable bonds is 3. The van der Waals surface area contributed by atoms with Gasteiger partial charge < -0.3 is 4.43 Å². The van der Waals surface area contributed by atoms with Crippen LogP contribution in [0.25, 0.3) is 11.1 Å². The number of benzene rings is 2. The van der Waals surface area contributed by atoms with Crippen LogP contribution in [0.2, 0.25) is 18.1 Å². The summed E-state index contributed by atoms with van der Waals surface area (Å²) < 4.78 is 6.44. The molecule has 116 valence electrons. The topological polar surface area (TPSA) is 9.23 Å². The van der Waals surface area contributed by atoms with E-state index in [0.717, 1.165) is 13.0 Å². The Morgan fingerprint density at radius 3 is 2.36 bits per heavy atom. The quantitative estimate of drug-likeness (QED) is 0.557. The van der Waals surface area contributed by atoms with E-state index in [0.29, 0.717) is 0 Å². The summed E-state index contributed by atoms with van der Waals surface area (Å²) in [5.74, 6) is 0. The van der Waals surface area contributed by atoms with Crippen LogP contribution in [-0.2, 0) is 17.5 Å². The highest BCUT2D eigenvalue weighted by Gasteiger charge is 2.37. The largest absolute Gasteiger partial charge is 0.413 e. The molecule has 0 spiro atoms. The van der Waals surface area contributed by atoms with Crippen LogP contribution < -0.4 is 0 Å². The Labute approximate surface area is 135 Å². The molecule has 2 aromatic rings. The molecule has 22 heavy (non-hydrogen) atoms. The molecular formula is C20H26OSi. The van der Waals surface area contributed by atoms with Crippen LogP contribution in [0.15, 0.2) is 42.5 Å². The number of fused-ring (bicyclic) bond motifs is 3. The van der Waals surface area contributed by atoms with E-state index in [2.05, 4.69) is 76.3 Å². The zero-order valence-electron chi connectivity index (χ0n) is 14.4. The van der Waals surface area contributed by atoms with Crippen LogP contribution in [0.1, 0.15) is 37.5 Å². The van der Waals surface area contributed by atoms with Gasteiger partial charge in [-0.15, -0.1) is 0 Å². The zero-order chi connectivity index (χ0) is 16.0.